The van der Waals surface area contributed by atoms with Crippen molar-refractivity contribution in [3.05, 3.63) is 57.5 Å². The molecule has 0 atom stereocenters. The van der Waals surface area contributed by atoms with E-state index < -0.39 is 23.2 Å². The molecule has 8 heteroatoms. The van der Waals surface area contributed by atoms with E-state index in [1.165, 1.54) is 13.2 Å². The highest BCUT2D eigenvalue weighted by Crippen LogP contribution is 2.20. The molecule has 2 heterocycles. The molecule has 0 amide bonds. The minimum atomic E-state index is -0.998. The first kappa shape index (κ1) is 18.0. The monoisotopic (exact) mass is 363 g/mol. The number of benzene rings is 1. The van der Waals surface area contributed by atoms with E-state index in [9.17, 15) is 18.4 Å². The summed E-state index contributed by atoms with van der Waals surface area (Å²) in [5.74, 6) is -1.90. The van der Waals surface area contributed by atoms with Gasteiger partial charge in [0.2, 0.25) is 11.8 Å². The molecule has 1 aliphatic rings. The molecule has 2 aromatic rings. The highest BCUT2D eigenvalue weighted by atomic mass is 19.1. The molecule has 1 aliphatic heterocycles. The number of halogens is 2. The smallest absolute Gasteiger partial charge is 0.338 e. The van der Waals surface area contributed by atoms with Gasteiger partial charge in [0.05, 0.1) is 25.4 Å². The molecule has 0 N–H and O–H groups in total. The molecule has 3 rings (SSSR count). The average molecular weight is 363 g/mol. The Labute approximate surface area is 149 Å². The number of anilines is 1. The lowest BCUT2D eigenvalue weighted by atomic mass is 10.1. The Balaban J connectivity index is 2.07. The molecular formula is C18H19F2N3O3. The van der Waals surface area contributed by atoms with Crippen LogP contribution < -0.4 is 10.5 Å². The zero-order chi connectivity index (χ0) is 18.7. The van der Waals surface area contributed by atoms with E-state index in [2.05, 4.69) is 4.98 Å². The maximum atomic E-state index is 13.9. The average Bonchev–Trinajstić information content (AvgIpc) is 2.66. The summed E-state index contributed by atoms with van der Waals surface area (Å²) >= 11 is 0. The fraction of sp³-hybridized carbons (Fsp3) is 0.389. The van der Waals surface area contributed by atoms with E-state index in [1.807, 2.05) is 4.90 Å². The zero-order valence-electron chi connectivity index (χ0n) is 14.4. The standard InChI is InChI=1S/C18H19F2N3O3/c1-26-17(25)14-6-5-13(19)9-12(14)11-23-16(24)15(20)10-21-18(23)22-7-3-2-4-8-22/h5-6,9-10H,2-4,7-8,11H2,1H3. The number of aromatic nitrogens is 2. The molecule has 0 bridgehead atoms. The van der Waals surface area contributed by atoms with Crippen LogP contribution in [0.25, 0.3) is 0 Å². The van der Waals surface area contributed by atoms with Crippen molar-refractivity contribution >= 4 is 11.9 Å². The van der Waals surface area contributed by atoms with Crippen molar-refractivity contribution in [2.75, 3.05) is 25.1 Å². The molecule has 0 radical (unpaired) electrons. The van der Waals surface area contributed by atoms with Crippen LogP contribution in [-0.4, -0.2) is 35.7 Å². The maximum absolute atomic E-state index is 13.9. The van der Waals surface area contributed by atoms with Gasteiger partial charge in [-0.25, -0.2) is 14.2 Å². The van der Waals surface area contributed by atoms with Crippen molar-refractivity contribution in [3.63, 3.8) is 0 Å². The number of esters is 1. The molecule has 138 valence electrons. The van der Waals surface area contributed by atoms with Crippen LogP contribution in [0, 0.1) is 11.6 Å². The van der Waals surface area contributed by atoms with E-state index in [0.717, 1.165) is 42.2 Å². The van der Waals surface area contributed by atoms with E-state index in [4.69, 9.17) is 4.74 Å². The first-order chi connectivity index (χ1) is 12.5. The second-order valence-corrected chi connectivity index (χ2v) is 6.14. The normalized spacial score (nSPS) is 14.3. The van der Waals surface area contributed by atoms with Gasteiger partial charge in [0.1, 0.15) is 5.82 Å². The molecule has 1 aromatic carbocycles. The molecule has 0 aliphatic carbocycles. The highest BCUT2D eigenvalue weighted by Gasteiger charge is 2.21. The fourth-order valence-electron chi connectivity index (χ4n) is 3.12. The molecule has 1 saturated heterocycles. The van der Waals surface area contributed by atoms with Gasteiger partial charge in [0.25, 0.3) is 5.56 Å². The van der Waals surface area contributed by atoms with Gasteiger partial charge in [0.15, 0.2) is 0 Å². The van der Waals surface area contributed by atoms with E-state index in [0.29, 0.717) is 19.0 Å². The minimum Gasteiger partial charge on any atom is -0.465 e. The van der Waals surface area contributed by atoms with Crippen LogP contribution in [-0.2, 0) is 11.3 Å². The van der Waals surface area contributed by atoms with E-state index in [1.54, 1.807) is 0 Å². The van der Waals surface area contributed by atoms with Crippen LogP contribution in [0.15, 0.2) is 29.2 Å². The Morgan fingerprint density at radius 3 is 2.65 bits per heavy atom. The van der Waals surface area contributed by atoms with Crippen LogP contribution in [0.2, 0.25) is 0 Å². The van der Waals surface area contributed by atoms with Gasteiger partial charge in [0, 0.05) is 13.1 Å². The summed E-state index contributed by atoms with van der Waals surface area (Å²) in [6.07, 6.45) is 3.87. The molecular weight excluding hydrogens is 344 g/mol. The Bertz CT molecular complexity index is 876. The molecule has 26 heavy (non-hydrogen) atoms. The molecule has 0 saturated carbocycles. The zero-order valence-corrected chi connectivity index (χ0v) is 14.4. The van der Waals surface area contributed by atoms with Gasteiger partial charge in [-0.1, -0.05) is 0 Å². The summed E-state index contributed by atoms with van der Waals surface area (Å²) < 4.78 is 33.4. The number of rotatable bonds is 4. The predicted octanol–water partition coefficient (Wildman–Crippen LogP) is 2.35. The summed E-state index contributed by atoms with van der Waals surface area (Å²) in [6.45, 7) is 1.22. The number of ether oxygens (including phenoxy) is 1. The summed E-state index contributed by atoms with van der Waals surface area (Å²) in [7, 11) is 1.21. The molecule has 1 fully saturated rings. The van der Waals surface area contributed by atoms with Gasteiger partial charge in [-0.05, 0) is 43.0 Å². The number of nitrogens with zero attached hydrogens (tertiary/aromatic N) is 3. The Hall–Kier alpha value is -2.77. The molecule has 1 aromatic heterocycles. The van der Waals surface area contributed by atoms with Crippen molar-refractivity contribution in [1.82, 2.24) is 9.55 Å². The van der Waals surface area contributed by atoms with Gasteiger partial charge in [-0.3, -0.25) is 9.36 Å². The SMILES string of the molecule is COC(=O)c1ccc(F)cc1Cn1c(N2CCCCC2)ncc(F)c1=O. The van der Waals surface area contributed by atoms with Crippen molar-refractivity contribution < 1.29 is 18.3 Å². The Morgan fingerprint density at radius 1 is 1.23 bits per heavy atom. The Morgan fingerprint density at radius 2 is 1.96 bits per heavy atom. The fourth-order valence-corrected chi connectivity index (χ4v) is 3.12. The summed E-state index contributed by atoms with van der Waals surface area (Å²) in [6, 6.07) is 3.56. The van der Waals surface area contributed by atoms with Crippen LogP contribution in [0.4, 0.5) is 14.7 Å². The summed E-state index contributed by atoms with van der Waals surface area (Å²) in [4.78, 5) is 30.3. The Kier molecular flexibility index (Phi) is 5.29. The van der Waals surface area contributed by atoms with Gasteiger partial charge >= 0.3 is 5.97 Å². The third-order valence-corrected chi connectivity index (χ3v) is 4.42. The second kappa shape index (κ2) is 7.63. The highest BCUT2D eigenvalue weighted by molar-refractivity contribution is 5.91. The molecule has 0 unspecified atom stereocenters. The summed E-state index contributed by atoms with van der Waals surface area (Å²) in [5, 5.41) is 0. The van der Waals surface area contributed by atoms with Crippen LogP contribution in [0.1, 0.15) is 35.2 Å². The molecule has 6 nitrogen and oxygen atoms in total. The van der Waals surface area contributed by atoms with Crippen molar-refractivity contribution in [2.24, 2.45) is 0 Å². The van der Waals surface area contributed by atoms with Gasteiger partial charge < -0.3 is 9.64 Å². The largest absolute Gasteiger partial charge is 0.465 e. The van der Waals surface area contributed by atoms with Crippen LogP contribution in [0.5, 0.6) is 0 Å². The lowest BCUT2D eigenvalue weighted by molar-refractivity contribution is 0.0599. The van der Waals surface area contributed by atoms with E-state index in [-0.39, 0.29) is 17.7 Å². The number of piperidine rings is 1. The number of carbonyl (C=O) groups excluding carboxylic acids is 1. The third kappa shape index (κ3) is 3.58. The van der Waals surface area contributed by atoms with Crippen molar-refractivity contribution in [2.45, 2.75) is 25.8 Å². The first-order valence-corrected chi connectivity index (χ1v) is 8.38. The van der Waals surface area contributed by atoms with Gasteiger partial charge in [-0.2, -0.15) is 4.39 Å². The van der Waals surface area contributed by atoms with Crippen LogP contribution >= 0.6 is 0 Å². The predicted molar refractivity (Wildman–Crippen MR) is 91.4 cm³/mol. The minimum absolute atomic E-state index is 0.120. The van der Waals surface area contributed by atoms with E-state index >= 15 is 0 Å². The van der Waals surface area contributed by atoms with Crippen molar-refractivity contribution in [1.29, 1.82) is 0 Å². The topological polar surface area (TPSA) is 64.4 Å². The quantitative estimate of drug-likeness (QED) is 0.781. The maximum Gasteiger partial charge on any atom is 0.338 e. The first-order valence-electron chi connectivity index (χ1n) is 8.38. The van der Waals surface area contributed by atoms with Crippen LogP contribution in [0.3, 0.4) is 0 Å². The van der Waals surface area contributed by atoms with Crippen molar-refractivity contribution in [3.8, 4) is 0 Å². The third-order valence-electron chi connectivity index (χ3n) is 4.42. The number of hydrogen-bond acceptors (Lipinski definition) is 5. The lowest BCUT2D eigenvalue weighted by Crippen LogP contribution is -2.37. The number of hydrogen-bond donors (Lipinski definition) is 0. The lowest BCUT2D eigenvalue weighted by Gasteiger charge is -2.29. The number of methoxy groups -OCH3 is 1. The van der Waals surface area contributed by atoms with Gasteiger partial charge in [-0.15, -0.1) is 0 Å². The summed E-state index contributed by atoms with van der Waals surface area (Å²) in [5.41, 5.74) is -0.514. The second-order valence-electron chi connectivity index (χ2n) is 6.14. The number of carbonyl (C=O) groups is 1. The molecule has 0 spiro atoms.